The highest BCUT2D eigenvalue weighted by Gasteiger charge is 2.24. The zero-order valence-corrected chi connectivity index (χ0v) is 10.8. The fourth-order valence-electron chi connectivity index (χ4n) is 1.92. The Hall–Kier alpha value is -0.420. The van der Waals surface area contributed by atoms with E-state index in [1.807, 2.05) is 11.8 Å². The second-order valence-electron chi connectivity index (χ2n) is 4.41. The molecule has 4 nitrogen and oxygen atoms in total. The van der Waals surface area contributed by atoms with Gasteiger partial charge in [0.2, 0.25) is 0 Å². The number of nitrogens with one attached hydrogen (secondary N) is 2. The van der Waals surface area contributed by atoms with E-state index in [1.165, 1.54) is 6.42 Å². The first-order valence-corrected chi connectivity index (χ1v) is 7.15. The highest BCUT2D eigenvalue weighted by Crippen LogP contribution is 2.27. The largest absolute Gasteiger partial charge is 0.393 e. The number of amides is 2. The highest BCUT2D eigenvalue weighted by atomic mass is 32.2. The molecule has 1 saturated carbocycles. The van der Waals surface area contributed by atoms with Crippen molar-refractivity contribution in [2.45, 2.75) is 50.0 Å². The van der Waals surface area contributed by atoms with E-state index in [0.29, 0.717) is 24.3 Å². The molecular weight excluding hydrogens is 224 g/mol. The lowest BCUT2D eigenvalue weighted by molar-refractivity contribution is 0.183. The summed E-state index contributed by atoms with van der Waals surface area (Å²) in [6.07, 6.45) is 5.72. The Morgan fingerprint density at radius 1 is 1.56 bits per heavy atom. The Labute approximate surface area is 102 Å². The Kier molecular flexibility index (Phi) is 5.98. The predicted octanol–water partition coefficient (Wildman–Crippen LogP) is 1.34. The lowest BCUT2D eigenvalue weighted by Gasteiger charge is -2.14. The fraction of sp³-hybridized carbons (Fsp3) is 0.909. The molecule has 0 aromatic carbocycles. The fourth-order valence-corrected chi connectivity index (χ4v) is 2.71. The molecule has 0 bridgehead atoms. The van der Waals surface area contributed by atoms with Crippen molar-refractivity contribution in [2.75, 3.05) is 12.8 Å². The second kappa shape index (κ2) is 7.01. The van der Waals surface area contributed by atoms with Crippen LogP contribution in [0.3, 0.4) is 0 Å². The van der Waals surface area contributed by atoms with E-state index < -0.39 is 0 Å². The van der Waals surface area contributed by atoms with Crippen LogP contribution in [-0.4, -0.2) is 41.3 Å². The van der Waals surface area contributed by atoms with Crippen molar-refractivity contribution >= 4 is 17.8 Å². The first-order valence-electron chi connectivity index (χ1n) is 5.87. The van der Waals surface area contributed by atoms with Gasteiger partial charge >= 0.3 is 6.03 Å². The summed E-state index contributed by atoms with van der Waals surface area (Å²) in [4.78, 5) is 11.5. The molecule has 94 valence electrons. The summed E-state index contributed by atoms with van der Waals surface area (Å²) < 4.78 is 0. The molecule has 0 aliphatic heterocycles. The number of rotatable bonds is 5. The molecule has 3 atom stereocenters. The van der Waals surface area contributed by atoms with Gasteiger partial charge < -0.3 is 15.7 Å². The van der Waals surface area contributed by atoms with Crippen LogP contribution in [0.4, 0.5) is 4.79 Å². The Morgan fingerprint density at radius 2 is 2.31 bits per heavy atom. The summed E-state index contributed by atoms with van der Waals surface area (Å²) in [6, 6.07) is 0.219. The summed E-state index contributed by atoms with van der Waals surface area (Å²) in [7, 11) is 0. The first-order chi connectivity index (χ1) is 7.61. The van der Waals surface area contributed by atoms with Crippen LogP contribution in [0.1, 0.15) is 32.6 Å². The minimum Gasteiger partial charge on any atom is -0.393 e. The average Bonchev–Trinajstić information content (AvgIpc) is 2.65. The van der Waals surface area contributed by atoms with Gasteiger partial charge in [-0.3, -0.25) is 0 Å². The zero-order chi connectivity index (χ0) is 12.0. The number of thioether (sulfide) groups is 1. The third-order valence-electron chi connectivity index (χ3n) is 2.90. The van der Waals surface area contributed by atoms with Crippen molar-refractivity contribution in [1.82, 2.24) is 10.6 Å². The molecular formula is C11H22N2O2S. The van der Waals surface area contributed by atoms with Gasteiger partial charge in [-0.15, -0.1) is 0 Å². The quantitative estimate of drug-likeness (QED) is 0.686. The third-order valence-corrected chi connectivity index (χ3v) is 4.00. The molecule has 1 aliphatic carbocycles. The number of carbonyl (C=O) groups is 1. The summed E-state index contributed by atoms with van der Waals surface area (Å²) in [5.74, 6) is 0. The standard InChI is InChI=1S/C11H22N2O2S/c1-8(14)5-6-12-11(15)13-9-3-4-10(7-9)16-2/h8-10,14H,3-7H2,1-2H3,(H2,12,13,15). The van der Waals surface area contributed by atoms with Crippen molar-refractivity contribution in [3.63, 3.8) is 0 Å². The summed E-state index contributed by atoms with van der Waals surface area (Å²) in [6.45, 7) is 2.25. The zero-order valence-electron chi connectivity index (χ0n) is 10.0. The first kappa shape index (κ1) is 13.6. The lowest BCUT2D eigenvalue weighted by atomic mass is 10.2. The van der Waals surface area contributed by atoms with Crippen LogP contribution in [0, 0.1) is 0 Å². The highest BCUT2D eigenvalue weighted by molar-refractivity contribution is 7.99. The van der Waals surface area contributed by atoms with Gasteiger partial charge in [0.1, 0.15) is 0 Å². The van der Waals surface area contributed by atoms with Gasteiger partial charge in [0.05, 0.1) is 6.10 Å². The lowest BCUT2D eigenvalue weighted by Crippen LogP contribution is -2.41. The second-order valence-corrected chi connectivity index (χ2v) is 5.54. The molecule has 0 radical (unpaired) electrons. The molecule has 1 rings (SSSR count). The number of hydrogen-bond donors (Lipinski definition) is 3. The van der Waals surface area contributed by atoms with Crippen LogP contribution in [0.2, 0.25) is 0 Å². The number of hydrogen-bond acceptors (Lipinski definition) is 3. The van der Waals surface area contributed by atoms with Crippen LogP contribution in [0.15, 0.2) is 0 Å². The topological polar surface area (TPSA) is 61.4 Å². The normalized spacial score (nSPS) is 26.4. The van der Waals surface area contributed by atoms with E-state index in [4.69, 9.17) is 5.11 Å². The number of aliphatic hydroxyl groups excluding tert-OH is 1. The third kappa shape index (κ3) is 5.07. The van der Waals surface area contributed by atoms with Crippen LogP contribution < -0.4 is 10.6 Å². The molecule has 0 spiro atoms. The molecule has 0 saturated heterocycles. The van der Waals surface area contributed by atoms with Gasteiger partial charge in [-0.1, -0.05) is 0 Å². The minimum absolute atomic E-state index is 0.104. The number of aliphatic hydroxyl groups is 1. The maximum Gasteiger partial charge on any atom is 0.315 e. The Morgan fingerprint density at radius 3 is 2.88 bits per heavy atom. The summed E-state index contributed by atoms with van der Waals surface area (Å²) in [5, 5.41) is 15.5. The predicted molar refractivity (Wildman–Crippen MR) is 67.8 cm³/mol. The van der Waals surface area contributed by atoms with Crippen LogP contribution in [0.25, 0.3) is 0 Å². The van der Waals surface area contributed by atoms with Crippen molar-refractivity contribution in [3.05, 3.63) is 0 Å². The Bertz CT molecular complexity index is 224. The maximum atomic E-state index is 11.5. The summed E-state index contributed by atoms with van der Waals surface area (Å²) >= 11 is 1.88. The number of urea groups is 1. The summed E-state index contributed by atoms with van der Waals surface area (Å²) in [5.41, 5.74) is 0. The molecule has 3 N–H and O–H groups in total. The van der Waals surface area contributed by atoms with E-state index in [2.05, 4.69) is 16.9 Å². The van der Waals surface area contributed by atoms with E-state index in [0.717, 1.165) is 12.8 Å². The molecule has 2 amide bonds. The average molecular weight is 246 g/mol. The molecule has 16 heavy (non-hydrogen) atoms. The van der Waals surface area contributed by atoms with Crippen molar-refractivity contribution in [1.29, 1.82) is 0 Å². The molecule has 0 heterocycles. The maximum absolute atomic E-state index is 11.5. The van der Waals surface area contributed by atoms with Crippen LogP contribution in [0.5, 0.6) is 0 Å². The molecule has 0 aromatic rings. The minimum atomic E-state index is -0.354. The Balaban J connectivity index is 2.10. The molecule has 5 heteroatoms. The van der Waals surface area contributed by atoms with Gasteiger partial charge in [0.25, 0.3) is 0 Å². The van der Waals surface area contributed by atoms with Gasteiger partial charge in [-0.05, 0) is 38.9 Å². The van der Waals surface area contributed by atoms with Gasteiger partial charge in [-0.2, -0.15) is 11.8 Å². The van der Waals surface area contributed by atoms with Gasteiger partial charge in [0.15, 0.2) is 0 Å². The monoisotopic (exact) mass is 246 g/mol. The smallest absolute Gasteiger partial charge is 0.315 e. The molecule has 1 fully saturated rings. The van der Waals surface area contributed by atoms with E-state index in [1.54, 1.807) is 6.92 Å². The SMILES string of the molecule is CSC1CCC(NC(=O)NCCC(C)O)C1. The van der Waals surface area contributed by atoms with Gasteiger partial charge in [-0.25, -0.2) is 4.79 Å². The van der Waals surface area contributed by atoms with Crippen molar-refractivity contribution in [3.8, 4) is 0 Å². The van der Waals surface area contributed by atoms with Crippen molar-refractivity contribution < 1.29 is 9.90 Å². The van der Waals surface area contributed by atoms with Gasteiger partial charge in [0, 0.05) is 17.8 Å². The van der Waals surface area contributed by atoms with Crippen LogP contribution >= 0.6 is 11.8 Å². The number of carbonyl (C=O) groups excluding carboxylic acids is 1. The van der Waals surface area contributed by atoms with E-state index in [-0.39, 0.29) is 12.1 Å². The molecule has 1 aliphatic rings. The van der Waals surface area contributed by atoms with E-state index in [9.17, 15) is 4.79 Å². The van der Waals surface area contributed by atoms with E-state index >= 15 is 0 Å². The molecule has 3 unspecified atom stereocenters. The van der Waals surface area contributed by atoms with Crippen molar-refractivity contribution in [2.24, 2.45) is 0 Å². The van der Waals surface area contributed by atoms with Crippen LogP contribution in [-0.2, 0) is 0 Å². The molecule has 0 aromatic heterocycles.